The Bertz CT molecular complexity index is 689. The van der Waals surface area contributed by atoms with Gasteiger partial charge in [0.05, 0.1) is 12.1 Å². The predicted molar refractivity (Wildman–Crippen MR) is 92.6 cm³/mol. The highest BCUT2D eigenvalue weighted by Crippen LogP contribution is 2.31. The normalized spacial score (nSPS) is 13.2. The Morgan fingerprint density at radius 2 is 1.54 bits per heavy atom. The van der Waals surface area contributed by atoms with Gasteiger partial charge in [0.25, 0.3) is 0 Å². The first-order chi connectivity index (χ1) is 11.2. The molecule has 0 saturated carbocycles. The van der Waals surface area contributed by atoms with E-state index in [1.54, 1.807) is 0 Å². The van der Waals surface area contributed by atoms with Crippen LogP contribution in [0.5, 0.6) is 0 Å². The number of hydrogen-bond acceptors (Lipinski definition) is 1. The fourth-order valence-electron chi connectivity index (χ4n) is 2.33. The summed E-state index contributed by atoms with van der Waals surface area (Å²) in [4.78, 5) is 4.65. The van der Waals surface area contributed by atoms with Gasteiger partial charge in [0.1, 0.15) is 0 Å². The van der Waals surface area contributed by atoms with Gasteiger partial charge in [0, 0.05) is 17.0 Å². The summed E-state index contributed by atoms with van der Waals surface area (Å²) in [6.45, 7) is 4.32. The molecule has 0 bridgehead atoms. The average molecular weight is 354 g/mol. The zero-order valence-electron chi connectivity index (χ0n) is 13.6. The molecule has 0 spiro atoms. The van der Waals surface area contributed by atoms with Gasteiger partial charge in [-0.25, -0.2) is 0 Å². The van der Waals surface area contributed by atoms with Gasteiger partial charge in [-0.2, -0.15) is 13.2 Å². The first-order valence-corrected chi connectivity index (χ1v) is 8.10. The molecule has 128 valence electrons. The Morgan fingerprint density at radius 3 is 2.04 bits per heavy atom. The molecule has 24 heavy (non-hydrogen) atoms. The maximum absolute atomic E-state index is 12.7. The molecule has 5 heteroatoms. The molecule has 0 radical (unpaired) electrons. The lowest BCUT2D eigenvalue weighted by atomic mass is 9.85. The fourth-order valence-corrected chi connectivity index (χ4v) is 2.46. The summed E-state index contributed by atoms with van der Waals surface area (Å²) >= 11 is 6.06. The van der Waals surface area contributed by atoms with Crippen molar-refractivity contribution >= 4 is 17.3 Å². The lowest BCUT2D eigenvalue weighted by molar-refractivity contribution is -0.137. The Labute approximate surface area is 145 Å². The number of hydrogen-bond donors (Lipinski definition) is 0. The van der Waals surface area contributed by atoms with Crippen LogP contribution < -0.4 is 0 Å². The van der Waals surface area contributed by atoms with E-state index in [1.807, 2.05) is 44.2 Å². The van der Waals surface area contributed by atoms with Crippen molar-refractivity contribution in [3.05, 3.63) is 71.3 Å². The van der Waals surface area contributed by atoms with Gasteiger partial charge in [-0.05, 0) is 23.3 Å². The fraction of sp³-hybridized carbons (Fsp3) is 0.316. The molecule has 0 amide bonds. The molecule has 0 atom stereocenters. The van der Waals surface area contributed by atoms with Gasteiger partial charge in [-0.1, -0.05) is 56.3 Å². The average Bonchev–Trinajstić information content (AvgIpc) is 2.55. The molecule has 0 unspecified atom stereocenters. The van der Waals surface area contributed by atoms with Crippen molar-refractivity contribution in [3.8, 4) is 0 Å². The molecule has 2 aromatic rings. The molecular weight excluding hydrogens is 335 g/mol. The maximum atomic E-state index is 12.7. The number of alkyl halides is 4. The van der Waals surface area contributed by atoms with Crippen molar-refractivity contribution in [3.63, 3.8) is 0 Å². The van der Waals surface area contributed by atoms with E-state index in [9.17, 15) is 13.2 Å². The van der Waals surface area contributed by atoms with Gasteiger partial charge < -0.3 is 0 Å². The zero-order valence-corrected chi connectivity index (χ0v) is 14.3. The molecule has 2 aromatic carbocycles. The van der Waals surface area contributed by atoms with E-state index in [0.29, 0.717) is 23.7 Å². The number of halogens is 4. The summed E-state index contributed by atoms with van der Waals surface area (Å²) in [5.41, 5.74) is 1.28. The standard InChI is InChI=1S/C19H19ClF3N/c1-18(2,13-20)17(24-12-14-6-4-3-5-7-14)15-8-10-16(11-9-15)19(21,22)23/h3-11H,12-13H2,1-2H3. The quantitative estimate of drug-likeness (QED) is 0.464. The third kappa shape index (κ3) is 4.60. The molecule has 0 aliphatic heterocycles. The van der Waals surface area contributed by atoms with E-state index in [2.05, 4.69) is 4.99 Å². The number of benzene rings is 2. The molecule has 0 saturated heterocycles. The topological polar surface area (TPSA) is 12.4 Å². The van der Waals surface area contributed by atoms with E-state index < -0.39 is 17.2 Å². The van der Waals surface area contributed by atoms with Crippen molar-refractivity contribution < 1.29 is 13.2 Å². The summed E-state index contributed by atoms with van der Waals surface area (Å²) in [5, 5.41) is 0. The van der Waals surface area contributed by atoms with Crippen molar-refractivity contribution in [2.45, 2.75) is 26.6 Å². The van der Waals surface area contributed by atoms with E-state index >= 15 is 0 Å². The smallest absolute Gasteiger partial charge is 0.284 e. The monoisotopic (exact) mass is 353 g/mol. The molecule has 0 aromatic heterocycles. The summed E-state index contributed by atoms with van der Waals surface area (Å²) in [5.74, 6) is 0.321. The maximum Gasteiger partial charge on any atom is 0.416 e. The van der Waals surface area contributed by atoms with Gasteiger partial charge in [0.2, 0.25) is 0 Å². The number of nitrogens with zero attached hydrogens (tertiary/aromatic N) is 1. The van der Waals surface area contributed by atoms with Crippen LogP contribution in [-0.4, -0.2) is 11.6 Å². The number of rotatable bonds is 5. The SMILES string of the molecule is CC(C)(CCl)C(=NCc1ccccc1)c1ccc(C(F)(F)F)cc1. The van der Waals surface area contributed by atoms with E-state index in [1.165, 1.54) is 12.1 Å². The molecule has 2 rings (SSSR count). The highest BCUT2D eigenvalue weighted by atomic mass is 35.5. The lowest BCUT2D eigenvalue weighted by Crippen LogP contribution is -2.27. The molecule has 0 heterocycles. The first kappa shape index (κ1) is 18.5. The van der Waals surface area contributed by atoms with Gasteiger partial charge in [-0.15, -0.1) is 11.6 Å². The Balaban J connectivity index is 2.36. The van der Waals surface area contributed by atoms with Crippen molar-refractivity contribution in [2.75, 3.05) is 5.88 Å². The highest BCUT2D eigenvalue weighted by Gasteiger charge is 2.31. The molecular formula is C19H19ClF3N. The van der Waals surface area contributed by atoms with Crippen LogP contribution in [0.3, 0.4) is 0 Å². The third-order valence-electron chi connectivity index (χ3n) is 3.72. The van der Waals surface area contributed by atoms with Crippen LogP contribution in [0.15, 0.2) is 59.6 Å². The summed E-state index contributed by atoms with van der Waals surface area (Å²) in [7, 11) is 0. The summed E-state index contributed by atoms with van der Waals surface area (Å²) in [6.07, 6.45) is -4.35. The van der Waals surface area contributed by atoms with Crippen LogP contribution in [0.4, 0.5) is 13.2 Å². The van der Waals surface area contributed by atoms with E-state index in [0.717, 1.165) is 17.7 Å². The van der Waals surface area contributed by atoms with Crippen LogP contribution in [0.2, 0.25) is 0 Å². The minimum Gasteiger partial charge on any atom is -0.284 e. The van der Waals surface area contributed by atoms with Crippen LogP contribution >= 0.6 is 11.6 Å². The van der Waals surface area contributed by atoms with Crippen LogP contribution in [0, 0.1) is 5.41 Å². The Hall–Kier alpha value is -1.81. The van der Waals surface area contributed by atoms with E-state index in [-0.39, 0.29) is 0 Å². The van der Waals surface area contributed by atoms with Crippen molar-refractivity contribution in [2.24, 2.45) is 10.4 Å². The largest absolute Gasteiger partial charge is 0.416 e. The molecule has 0 aliphatic carbocycles. The zero-order chi connectivity index (χ0) is 17.8. The van der Waals surface area contributed by atoms with Gasteiger partial charge in [0.15, 0.2) is 0 Å². The van der Waals surface area contributed by atoms with Crippen LogP contribution in [-0.2, 0) is 12.7 Å². The molecule has 0 N–H and O–H groups in total. The Morgan fingerprint density at radius 1 is 0.958 bits per heavy atom. The van der Waals surface area contributed by atoms with Crippen molar-refractivity contribution in [1.82, 2.24) is 0 Å². The second-order valence-electron chi connectivity index (χ2n) is 6.24. The minimum absolute atomic E-state index is 0.321. The van der Waals surface area contributed by atoms with Crippen molar-refractivity contribution in [1.29, 1.82) is 0 Å². The van der Waals surface area contributed by atoms with E-state index in [4.69, 9.17) is 11.6 Å². The first-order valence-electron chi connectivity index (χ1n) is 7.56. The Kier molecular flexibility index (Phi) is 5.70. The van der Waals surface area contributed by atoms with Gasteiger partial charge >= 0.3 is 6.18 Å². The third-order valence-corrected chi connectivity index (χ3v) is 4.39. The molecule has 0 fully saturated rings. The second kappa shape index (κ2) is 7.39. The lowest BCUT2D eigenvalue weighted by Gasteiger charge is -2.25. The number of aliphatic imine (C=N–C) groups is 1. The summed E-state index contributed by atoms with van der Waals surface area (Å²) < 4.78 is 38.2. The van der Waals surface area contributed by atoms with Crippen LogP contribution in [0.25, 0.3) is 0 Å². The predicted octanol–water partition coefficient (Wildman–Crippen LogP) is 5.96. The molecule has 0 aliphatic rings. The highest BCUT2D eigenvalue weighted by molar-refractivity contribution is 6.21. The summed E-state index contributed by atoms with van der Waals surface area (Å²) in [6, 6.07) is 14.8. The second-order valence-corrected chi connectivity index (χ2v) is 6.51. The minimum atomic E-state index is -4.35. The van der Waals surface area contributed by atoms with Crippen LogP contribution in [0.1, 0.15) is 30.5 Å². The molecule has 1 nitrogen and oxygen atoms in total. The van der Waals surface area contributed by atoms with Gasteiger partial charge in [-0.3, -0.25) is 4.99 Å².